The molecule has 38 heavy (non-hydrogen) atoms. The molecule has 5 rings (SSSR count). The molecule has 0 aliphatic carbocycles. The van der Waals surface area contributed by atoms with E-state index < -0.39 is 5.82 Å². The standard InChI is InChI=1S/C27H21ClFN5O3S/c1-36-21-10-6-5-9-20(21)31-27-33-25(16-7-3-2-4-8-16)22(38-27)14-24(35)30-15-23-32-26(37-34-23)18-12-11-17(28)13-19(18)29/h2-13H,14-15H2,1H3,(H,30,35)(H,31,33). The first kappa shape index (κ1) is 25.4. The van der Waals surface area contributed by atoms with Crippen molar-refractivity contribution in [1.82, 2.24) is 20.4 Å². The first-order valence-corrected chi connectivity index (χ1v) is 12.7. The molecule has 1 amide bonds. The topological polar surface area (TPSA) is 102 Å². The fraction of sp³-hybridized carbons (Fsp3) is 0.111. The summed E-state index contributed by atoms with van der Waals surface area (Å²) in [6.45, 7) is 0.0172. The number of rotatable bonds is 9. The number of hydrogen-bond acceptors (Lipinski definition) is 8. The van der Waals surface area contributed by atoms with Gasteiger partial charge in [0, 0.05) is 15.5 Å². The normalized spacial score (nSPS) is 10.8. The monoisotopic (exact) mass is 549 g/mol. The van der Waals surface area contributed by atoms with Gasteiger partial charge in [0.05, 0.1) is 37.0 Å². The summed E-state index contributed by atoms with van der Waals surface area (Å²) >= 11 is 7.18. The highest BCUT2D eigenvalue weighted by Gasteiger charge is 2.18. The minimum Gasteiger partial charge on any atom is -0.495 e. The molecule has 0 fully saturated rings. The van der Waals surface area contributed by atoms with E-state index in [9.17, 15) is 9.18 Å². The van der Waals surface area contributed by atoms with Crippen molar-refractivity contribution in [3.8, 4) is 28.5 Å². The van der Waals surface area contributed by atoms with E-state index in [1.54, 1.807) is 7.11 Å². The third-order valence-electron chi connectivity index (χ3n) is 5.49. The number of hydrogen-bond donors (Lipinski definition) is 2. The van der Waals surface area contributed by atoms with Crippen LogP contribution >= 0.6 is 22.9 Å². The van der Waals surface area contributed by atoms with E-state index in [2.05, 4.69) is 20.8 Å². The quantitative estimate of drug-likeness (QED) is 0.223. The average Bonchev–Trinajstić information content (AvgIpc) is 3.55. The maximum Gasteiger partial charge on any atom is 0.260 e. The molecule has 11 heteroatoms. The molecular weight excluding hydrogens is 529 g/mol. The number of amides is 1. The van der Waals surface area contributed by atoms with Gasteiger partial charge in [-0.25, -0.2) is 9.37 Å². The largest absolute Gasteiger partial charge is 0.495 e. The third kappa shape index (κ3) is 5.82. The van der Waals surface area contributed by atoms with Crippen LogP contribution in [0.5, 0.6) is 5.75 Å². The molecule has 2 heterocycles. The number of ether oxygens (including phenoxy) is 1. The van der Waals surface area contributed by atoms with Crippen molar-refractivity contribution < 1.29 is 18.4 Å². The van der Waals surface area contributed by atoms with Gasteiger partial charge < -0.3 is 19.9 Å². The molecule has 0 unspecified atom stereocenters. The van der Waals surface area contributed by atoms with Crippen LogP contribution in [0.1, 0.15) is 10.7 Å². The molecule has 0 radical (unpaired) electrons. The van der Waals surface area contributed by atoms with Crippen LogP contribution in [0.25, 0.3) is 22.7 Å². The summed E-state index contributed by atoms with van der Waals surface area (Å²) in [4.78, 5) is 22.6. The van der Waals surface area contributed by atoms with E-state index >= 15 is 0 Å². The van der Waals surface area contributed by atoms with Gasteiger partial charge in [0.1, 0.15) is 11.6 Å². The Hall–Kier alpha value is -4.28. The molecule has 2 aromatic heterocycles. The van der Waals surface area contributed by atoms with E-state index in [0.717, 1.165) is 16.1 Å². The van der Waals surface area contributed by atoms with Gasteiger partial charge in [0.15, 0.2) is 11.0 Å². The van der Waals surface area contributed by atoms with Crippen molar-refractivity contribution in [2.24, 2.45) is 0 Å². The van der Waals surface area contributed by atoms with E-state index in [4.69, 9.17) is 25.8 Å². The van der Waals surface area contributed by atoms with Crippen molar-refractivity contribution >= 4 is 39.7 Å². The van der Waals surface area contributed by atoms with Crippen LogP contribution < -0.4 is 15.4 Å². The first-order chi connectivity index (χ1) is 18.5. The second-order valence-electron chi connectivity index (χ2n) is 8.08. The molecule has 3 aromatic carbocycles. The molecule has 0 saturated carbocycles. The van der Waals surface area contributed by atoms with Crippen LogP contribution in [-0.4, -0.2) is 28.1 Å². The Morgan fingerprint density at radius 1 is 1.08 bits per heavy atom. The van der Waals surface area contributed by atoms with Gasteiger partial charge in [-0.05, 0) is 30.3 Å². The van der Waals surface area contributed by atoms with Crippen molar-refractivity contribution in [3.63, 3.8) is 0 Å². The predicted octanol–water partition coefficient (Wildman–Crippen LogP) is 6.26. The van der Waals surface area contributed by atoms with Crippen molar-refractivity contribution in [3.05, 3.63) is 94.3 Å². The van der Waals surface area contributed by atoms with Gasteiger partial charge in [-0.15, -0.1) is 11.3 Å². The van der Waals surface area contributed by atoms with Crippen molar-refractivity contribution in [2.45, 2.75) is 13.0 Å². The molecule has 2 N–H and O–H groups in total. The molecule has 192 valence electrons. The van der Waals surface area contributed by atoms with Crippen LogP contribution in [-0.2, 0) is 17.8 Å². The molecule has 0 saturated heterocycles. The summed E-state index contributed by atoms with van der Waals surface area (Å²) in [5.74, 6) is 0.0749. The number of carbonyl (C=O) groups excluding carboxylic acids is 1. The van der Waals surface area contributed by atoms with Crippen LogP contribution in [0.4, 0.5) is 15.2 Å². The predicted molar refractivity (Wildman–Crippen MR) is 144 cm³/mol. The minimum absolute atomic E-state index is 0.00397. The maximum absolute atomic E-state index is 14.2. The number of benzene rings is 3. The molecule has 0 aliphatic heterocycles. The number of thiazole rings is 1. The van der Waals surface area contributed by atoms with E-state index in [0.29, 0.717) is 16.6 Å². The molecule has 0 aliphatic rings. The number of halogens is 2. The summed E-state index contributed by atoms with van der Waals surface area (Å²) in [7, 11) is 1.60. The lowest BCUT2D eigenvalue weighted by Crippen LogP contribution is -2.25. The average molecular weight is 550 g/mol. The molecular formula is C27H21ClFN5O3S. The van der Waals surface area contributed by atoms with Crippen LogP contribution in [0.3, 0.4) is 0 Å². The second kappa shape index (κ2) is 11.4. The number of para-hydroxylation sites is 2. The number of nitrogens with one attached hydrogen (secondary N) is 2. The number of aromatic nitrogens is 3. The zero-order valence-corrected chi connectivity index (χ0v) is 21.6. The highest BCUT2D eigenvalue weighted by atomic mass is 35.5. The van der Waals surface area contributed by atoms with Crippen molar-refractivity contribution in [2.75, 3.05) is 12.4 Å². The Morgan fingerprint density at radius 3 is 2.66 bits per heavy atom. The maximum atomic E-state index is 14.2. The molecule has 0 bridgehead atoms. The number of methoxy groups -OCH3 is 1. The zero-order valence-electron chi connectivity index (χ0n) is 20.1. The van der Waals surface area contributed by atoms with E-state index in [1.165, 1.54) is 29.5 Å². The molecule has 5 aromatic rings. The fourth-order valence-corrected chi connectivity index (χ4v) is 4.85. The number of anilines is 2. The van der Waals surface area contributed by atoms with E-state index in [-0.39, 0.29) is 41.2 Å². The van der Waals surface area contributed by atoms with Gasteiger partial charge in [-0.3, -0.25) is 4.79 Å². The minimum atomic E-state index is -0.576. The van der Waals surface area contributed by atoms with Gasteiger partial charge in [-0.2, -0.15) is 4.98 Å². The smallest absolute Gasteiger partial charge is 0.260 e. The lowest BCUT2D eigenvalue weighted by Gasteiger charge is -2.08. The van der Waals surface area contributed by atoms with Crippen LogP contribution in [0.2, 0.25) is 5.02 Å². The zero-order chi connectivity index (χ0) is 26.5. The Morgan fingerprint density at radius 2 is 1.87 bits per heavy atom. The Bertz CT molecular complexity index is 1570. The lowest BCUT2D eigenvalue weighted by atomic mass is 10.1. The summed E-state index contributed by atoms with van der Waals surface area (Å²) in [5, 5.41) is 10.8. The van der Waals surface area contributed by atoms with Crippen molar-refractivity contribution in [1.29, 1.82) is 0 Å². The Labute approximate surface area is 226 Å². The van der Waals surface area contributed by atoms with Gasteiger partial charge >= 0.3 is 0 Å². The van der Waals surface area contributed by atoms with Crippen LogP contribution in [0, 0.1) is 5.82 Å². The summed E-state index contributed by atoms with van der Waals surface area (Å²) in [6, 6.07) is 21.3. The van der Waals surface area contributed by atoms with Gasteiger partial charge in [-0.1, -0.05) is 59.2 Å². The molecule has 0 spiro atoms. The summed E-state index contributed by atoms with van der Waals surface area (Å²) < 4.78 is 24.7. The summed E-state index contributed by atoms with van der Waals surface area (Å²) in [6.07, 6.45) is 0.0893. The highest BCUT2D eigenvalue weighted by molar-refractivity contribution is 7.16. The van der Waals surface area contributed by atoms with E-state index in [1.807, 2.05) is 54.6 Å². The third-order valence-corrected chi connectivity index (χ3v) is 6.69. The second-order valence-corrected chi connectivity index (χ2v) is 9.60. The summed E-state index contributed by atoms with van der Waals surface area (Å²) in [5.41, 5.74) is 2.51. The lowest BCUT2D eigenvalue weighted by molar-refractivity contribution is -0.120. The molecule has 8 nitrogen and oxygen atoms in total. The number of nitrogens with zero attached hydrogens (tertiary/aromatic N) is 3. The first-order valence-electron chi connectivity index (χ1n) is 11.5. The Kier molecular flexibility index (Phi) is 7.62. The fourth-order valence-electron chi connectivity index (χ4n) is 3.69. The van der Waals surface area contributed by atoms with Gasteiger partial charge in [0.2, 0.25) is 5.91 Å². The SMILES string of the molecule is COc1ccccc1Nc1nc(-c2ccccc2)c(CC(=O)NCc2noc(-c3ccc(Cl)cc3F)n2)s1. The number of carbonyl (C=O) groups is 1. The van der Waals surface area contributed by atoms with Gasteiger partial charge in [0.25, 0.3) is 5.89 Å². The Balaban J connectivity index is 1.30. The molecule has 0 atom stereocenters. The van der Waals surface area contributed by atoms with Crippen LogP contribution in [0.15, 0.2) is 77.3 Å². The highest BCUT2D eigenvalue weighted by Crippen LogP contribution is 2.35.